The minimum Gasteiger partial charge on any atom is -0.458 e. The summed E-state index contributed by atoms with van der Waals surface area (Å²) in [6, 6.07) is 9.30. The fourth-order valence-electron chi connectivity index (χ4n) is 3.88. The Bertz CT molecular complexity index is 537. The predicted octanol–water partition coefficient (Wildman–Crippen LogP) is 2.10. The smallest absolute Gasteiger partial charge is 0.338 e. The van der Waals surface area contributed by atoms with Gasteiger partial charge < -0.3 is 14.4 Å². The van der Waals surface area contributed by atoms with E-state index >= 15 is 0 Å². The number of likely N-dealkylation sites (tertiary alicyclic amines) is 1. The summed E-state index contributed by atoms with van der Waals surface area (Å²) in [4.78, 5) is 14.1. The van der Waals surface area contributed by atoms with Crippen molar-refractivity contribution in [1.82, 2.24) is 0 Å². The third-order valence-electron chi connectivity index (χ3n) is 5.29. The molecule has 1 aromatic rings. The van der Waals surface area contributed by atoms with E-state index in [1.807, 2.05) is 30.3 Å². The number of carbonyl (C=O) groups is 1. The van der Waals surface area contributed by atoms with Crippen molar-refractivity contribution in [2.45, 2.75) is 51.2 Å². The monoisotopic (exact) mass is 332 g/mol. The van der Waals surface area contributed by atoms with Crippen molar-refractivity contribution < 1.29 is 19.2 Å². The molecule has 2 saturated heterocycles. The highest BCUT2D eigenvalue weighted by Gasteiger charge is 2.40. The molecule has 1 N–H and O–H groups in total. The average molecular weight is 332 g/mol. The van der Waals surface area contributed by atoms with E-state index in [2.05, 4.69) is 13.8 Å². The topological polar surface area (TPSA) is 40.0 Å². The van der Waals surface area contributed by atoms with Crippen molar-refractivity contribution in [2.75, 3.05) is 26.2 Å². The van der Waals surface area contributed by atoms with E-state index in [1.165, 1.54) is 32.4 Å². The molecule has 0 aliphatic carbocycles. The van der Waals surface area contributed by atoms with Crippen LogP contribution in [-0.4, -0.2) is 43.9 Å². The Morgan fingerprint density at radius 2 is 1.92 bits per heavy atom. The van der Waals surface area contributed by atoms with Crippen LogP contribution in [0.5, 0.6) is 0 Å². The summed E-state index contributed by atoms with van der Waals surface area (Å²) in [6.45, 7) is 8.37. The van der Waals surface area contributed by atoms with Gasteiger partial charge in [0.05, 0.1) is 43.3 Å². The number of esters is 1. The molecule has 0 saturated carbocycles. The van der Waals surface area contributed by atoms with Crippen LogP contribution in [-0.2, 0) is 9.47 Å². The lowest BCUT2D eigenvalue weighted by Crippen LogP contribution is -3.13. The number of hydrogen-bond acceptors (Lipinski definition) is 3. The SMILES string of the molecule is CC1(C)C[C@H](OC(=O)c2ccccc2)[C@@H](C[NH+]2CCCCC2)CO1. The molecule has 2 heterocycles. The Morgan fingerprint density at radius 1 is 1.21 bits per heavy atom. The summed E-state index contributed by atoms with van der Waals surface area (Å²) in [5, 5.41) is 0. The summed E-state index contributed by atoms with van der Waals surface area (Å²) in [5.41, 5.74) is 0.404. The number of carbonyl (C=O) groups excluding carboxylic acids is 1. The largest absolute Gasteiger partial charge is 0.458 e. The zero-order valence-electron chi connectivity index (χ0n) is 14.9. The lowest BCUT2D eigenvalue weighted by Gasteiger charge is -2.41. The summed E-state index contributed by atoms with van der Waals surface area (Å²) in [5.74, 6) is 0.0794. The molecular formula is C20H30NO3+. The van der Waals surface area contributed by atoms with Gasteiger partial charge in [-0.1, -0.05) is 18.2 Å². The van der Waals surface area contributed by atoms with Crippen LogP contribution in [0.3, 0.4) is 0 Å². The van der Waals surface area contributed by atoms with Crippen molar-refractivity contribution in [2.24, 2.45) is 5.92 Å². The van der Waals surface area contributed by atoms with Gasteiger partial charge in [-0.2, -0.15) is 0 Å². The van der Waals surface area contributed by atoms with E-state index in [-0.39, 0.29) is 17.7 Å². The van der Waals surface area contributed by atoms with Crippen molar-refractivity contribution in [3.05, 3.63) is 35.9 Å². The summed E-state index contributed by atoms with van der Waals surface area (Å²) < 4.78 is 12.0. The second kappa shape index (κ2) is 7.66. The highest BCUT2D eigenvalue weighted by atomic mass is 16.6. The van der Waals surface area contributed by atoms with E-state index in [0.717, 1.165) is 13.0 Å². The van der Waals surface area contributed by atoms with Crippen LogP contribution in [0.25, 0.3) is 0 Å². The maximum absolute atomic E-state index is 12.5. The summed E-state index contributed by atoms with van der Waals surface area (Å²) in [6.07, 6.45) is 4.68. The van der Waals surface area contributed by atoms with Gasteiger partial charge in [0.25, 0.3) is 0 Å². The zero-order valence-corrected chi connectivity index (χ0v) is 14.9. The maximum Gasteiger partial charge on any atom is 0.338 e. The van der Waals surface area contributed by atoms with Gasteiger partial charge in [0.15, 0.2) is 0 Å². The zero-order chi connectivity index (χ0) is 17.0. The van der Waals surface area contributed by atoms with Gasteiger partial charge in [-0.3, -0.25) is 0 Å². The first-order valence-electron chi connectivity index (χ1n) is 9.27. The van der Waals surface area contributed by atoms with Crippen molar-refractivity contribution >= 4 is 5.97 Å². The Hall–Kier alpha value is -1.39. The van der Waals surface area contributed by atoms with Gasteiger partial charge in [0, 0.05) is 6.42 Å². The van der Waals surface area contributed by atoms with Gasteiger partial charge in [0.2, 0.25) is 0 Å². The lowest BCUT2D eigenvalue weighted by molar-refractivity contribution is -0.909. The average Bonchev–Trinajstić information content (AvgIpc) is 2.59. The van der Waals surface area contributed by atoms with Crippen LogP contribution in [0.4, 0.5) is 0 Å². The number of rotatable bonds is 4. The molecule has 4 nitrogen and oxygen atoms in total. The molecule has 24 heavy (non-hydrogen) atoms. The number of piperidine rings is 1. The first-order chi connectivity index (χ1) is 11.5. The predicted molar refractivity (Wildman–Crippen MR) is 93.2 cm³/mol. The summed E-state index contributed by atoms with van der Waals surface area (Å²) >= 11 is 0. The fraction of sp³-hybridized carbons (Fsp3) is 0.650. The van der Waals surface area contributed by atoms with Crippen LogP contribution >= 0.6 is 0 Å². The van der Waals surface area contributed by atoms with E-state index in [4.69, 9.17) is 9.47 Å². The molecule has 0 spiro atoms. The first kappa shape index (κ1) is 17.4. The molecular weight excluding hydrogens is 302 g/mol. The van der Waals surface area contributed by atoms with E-state index in [0.29, 0.717) is 18.1 Å². The van der Waals surface area contributed by atoms with Crippen LogP contribution in [0.1, 0.15) is 49.9 Å². The number of quaternary nitrogens is 1. The fourth-order valence-corrected chi connectivity index (χ4v) is 3.88. The first-order valence-corrected chi connectivity index (χ1v) is 9.27. The van der Waals surface area contributed by atoms with Crippen LogP contribution in [0, 0.1) is 5.92 Å². The van der Waals surface area contributed by atoms with Gasteiger partial charge in [-0.15, -0.1) is 0 Å². The quantitative estimate of drug-likeness (QED) is 0.859. The molecule has 0 aromatic heterocycles. The van der Waals surface area contributed by atoms with Crippen molar-refractivity contribution in [3.63, 3.8) is 0 Å². The van der Waals surface area contributed by atoms with Crippen molar-refractivity contribution in [1.29, 1.82) is 0 Å². The molecule has 0 bridgehead atoms. The van der Waals surface area contributed by atoms with Gasteiger partial charge in [-0.05, 0) is 45.2 Å². The molecule has 2 fully saturated rings. The minimum absolute atomic E-state index is 0.0594. The normalized spacial score (nSPS) is 27.6. The highest BCUT2D eigenvalue weighted by Crippen LogP contribution is 2.30. The Labute approximate surface area is 145 Å². The molecule has 1 aromatic carbocycles. The van der Waals surface area contributed by atoms with E-state index < -0.39 is 0 Å². The molecule has 4 heteroatoms. The standard InChI is InChI=1S/C20H29NO3/c1-20(2)13-18(24-19(22)16-9-5-3-6-10-16)17(15-23-20)14-21-11-7-4-8-12-21/h3,5-6,9-10,17-18H,4,7-8,11-15H2,1-2H3/p+1/t17-,18-/m0/s1. The number of benzene rings is 1. The summed E-state index contributed by atoms with van der Waals surface area (Å²) in [7, 11) is 0. The third kappa shape index (κ3) is 4.58. The highest BCUT2D eigenvalue weighted by molar-refractivity contribution is 5.89. The van der Waals surface area contributed by atoms with Gasteiger partial charge in [-0.25, -0.2) is 4.79 Å². The Balaban J connectivity index is 1.66. The van der Waals surface area contributed by atoms with E-state index in [1.54, 1.807) is 4.90 Å². The molecule has 3 rings (SSSR count). The third-order valence-corrected chi connectivity index (χ3v) is 5.29. The maximum atomic E-state index is 12.5. The van der Waals surface area contributed by atoms with Crippen LogP contribution < -0.4 is 4.90 Å². The molecule has 2 aliphatic heterocycles. The molecule has 0 amide bonds. The Morgan fingerprint density at radius 3 is 2.62 bits per heavy atom. The molecule has 132 valence electrons. The lowest BCUT2D eigenvalue weighted by atomic mass is 9.87. The molecule has 0 radical (unpaired) electrons. The van der Waals surface area contributed by atoms with E-state index in [9.17, 15) is 4.79 Å². The van der Waals surface area contributed by atoms with Crippen molar-refractivity contribution in [3.8, 4) is 0 Å². The second-order valence-corrected chi connectivity index (χ2v) is 7.86. The molecule has 2 aliphatic rings. The molecule has 0 unspecified atom stereocenters. The van der Waals surface area contributed by atoms with Crippen LogP contribution in [0.2, 0.25) is 0 Å². The Kier molecular flexibility index (Phi) is 5.57. The van der Waals surface area contributed by atoms with Gasteiger partial charge >= 0.3 is 5.97 Å². The molecule has 2 atom stereocenters. The minimum atomic E-state index is -0.227. The van der Waals surface area contributed by atoms with Gasteiger partial charge in [0.1, 0.15) is 6.10 Å². The second-order valence-electron chi connectivity index (χ2n) is 7.86. The van der Waals surface area contributed by atoms with Crippen LogP contribution in [0.15, 0.2) is 30.3 Å². The number of nitrogens with one attached hydrogen (secondary N) is 1. The number of ether oxygens (including phenoxy) is 2. The number of hydrogen-bond donors (Lipinski definition) is 1.